The number of nitrogens with one attached hydrogen (secondary N) is 1. The second-order valence-corrected chi connectivity index (χ2v) is 10.7. The number of benzene rings is 2. The van der Waals surface area contributed by atoms with Crippen molar-refractivity contribution in [3.05, 3.63) is 99.3 Å². The van der Waals surface area contributed by atoms with Crippen LogP contribution >= 0.6 is 11.6 Å². The lowest BCUT2D eigenvalue weighted by Crippen LogP contribution is -2.27. The summed E-state index contributed by atoms with van der Waals surface area (Å²) >= 11 is 6.68. The molecule has 0 unspecified atom stereocenters. The fourth-order valence-electron chi connectivity index (χ4n) is 4.72. The Morgan fingerprint density at radius 3 is 2.50 bits per heavy atom. The number of tetrazole rings is 1. The van der Waals surface area contributed by atoms with E-state index in [0.717, 1.165) is 52.2 Å². The Balaban J connectivity index is 1.52. The average molecular weight is 528 g/mol. The third-order valence-electron chi connectivity index (χ3n) is 6.57. The molecular formula is C29H30ClN7O. The Morgan fingerprint density at radius 2 is 1.82 bits per heavy atom. The lowest BCUT2D eigenvalue weighted by Gasteiger charge is -2.23. The normalized spacial score (nSPS) is 11.7. The summed E-state index contributed by atoms with van der Waals surface area (Å²) < 4.78 is 3.56. The number of halogens is 1. The molecule has 5 rings (SSSR count). The van der Waals surface area contributed by atoms with Crippen molar-refractivity contribution in [1.82, 2.24) is 34.7 Å². The van der Waals surface area contributed by atoms with Crippen LogP contribution in [0.25, 0.3) is 28.3 Å². The van der Waals surface area contributed by atoms with Crippen molar-refractivity contribution in [2.45, 2.75) is 52.5 Å². The van der Waals surface area contributed by atoms with E-state index >= 15 is 0 Å². The Morgan fingerprint density at radius 1 is 1.03 bits per heavy atom. The SMILES string of the molecule is CCCc1cn(-c2c(Cl)cccc2C(C)(C)C)c(=O)n1Cc1ccc(-c2ncccc2-c2nn[nH]n2)cc1. The van der Waals surface area contributed by atoms with Crippen molar-refractivity contribution in [3.8, 4) is 28.3 Å². The molecule has 0 aliphatic rings. The molecule has 0 bridgehead atoms. The van der Waals surface area contributed by atoms with E-state index < -0.39 is 0 Å². The minimum Gasteiger partial charge on any atom is -0.292 e. The first kappa shape index (κ1) is 25.6. The van der Waals surface area contributed by atoms with Crippen LogP contribution in [0.5, 0.6) is 0 Å². The summed E-state index contributed by atoms with van der Waals surface area (Å²) in [6.45, 7) is 8.96. The maximum Gasteiger partial charge on any atom is 0.333 e. The van der Waals surface area contributed by atoms with Gasteiger partial charge in [0.2, 0.25) is 5.82 Å². The van der Waals surface area contributed by atoms with Crippen LogP contribution in [0, 0.1) is 0 Å². The number of H-pyrrole nitrogens is 1. The summed E-state index contributed by atoms with van der Waals surface area (Å²) in [6.07, 6.45) is 5.40. The van der Waals surface area contributed by atoms with Crippen LogP contribution < -0.4 is 5.69 Å². The Kier molecular flexibility index (Phi) is 6.99. The van der Waals surface area contributed by atoms with Gasteiger partial charge in [0.05, 0.1) is 22.9 Å². The first-order valence-electron chi connectivity index (χ1n) is 12.7. The fourth-order valence-corrected chi connectivity index (χ4v) is 4.99. The van der Waals surface area contributed by atoms with Crippen LogP contribution in [-0.4, -0.2) is 34.7 Å². The van der Waals surface area contributed by atoms with E-state index in [1.807, 2.05) is 65.4 Å². The number of nitrogens with zero attached hydrogens (tertiary/aromatic N) is 6. The highest BCUT2D eigenvalue weighted by molar-refractivity contribution is 6.32. The molecule has 0 atom stereocenters. The molecule has 9 heteroatoms. The van der Waals surface area contributed by atoms with Crippen LogP contribution in [0.3, 0.4) is 0 Å². The molecule has 3 heterocycles. The number of hydrogen-bond donors (Lipinski definition) is 1. The van der Waals surface area contributed by atoms with Crippen molar-refractivity contribution in [1.29, 1.82) is 0 Å². The number of hydrogen-bond acceptors (Lipinski definition) is 5. The number of aromatic nitrogens is 7. The molecule has 0 aliphatic carbocycles. The number of imidazole rings is 1. The lowest BCUT2D eigenvalue weighted by molar-refractivity contribution is 0.584. The quantitative estimate of drug-likeness (QED) is 0.287. The van der Waals surface area contributed by atoms with E-state index in [0.29, 0.717) is 17.4 Å². The van der Waals surface area contributed by atoms with E-state index in [1.54, 1.807) is 10.8 Å². The standard InChI is InChI=1S/C29H30ClN7O/c1-5-8-21-18-37(26-23(29(2,3)4)10-6-11-24(26)30)28(38)36(21)17-19-12-14-20(15-13-19)25-22(9-7-16-31-25)27-32-34-35-33-27/h6-7,9-16,18H,5,8,17H2,1-4H3,(H,32,33,34,35). The molecule has 0 aliphatic heterocycles. The molecule has 38 heavy (non-hydrogen) atoms. The van der Waals surface area contributed by atoms with E-state index in [4.69, 9.17) is 11.6 Å². The number of aromatic amines is 1. The highest BCUT2D eigenvalue weighted by Crippen LogP contribution is 2.33. The summed E-state index contributed by atoms with van der Waals surface area (Å²) in [5.74, 6) is 0.489. The predicted octanol–water partition coefficient (Wildman–Crippen LogP) is 5.83. The lowest BCUT2D eigenvalue weighted by atomic mass is 9.85. The number of para-hydroxylation sites is 1. The summed E-state index contributed by atoms with van der Waals surface area (Å²) in [5.41, 5.74) is 5.99. The van der Waals surface area contributed by atoms with Gasteiger partial charge < -0.3 is 0 Å². The van der Waals surface area contributed by atoms with Gasteiger partial charge in [-0.05, 0) is 46.4 Å². The van der Waals surface area contributed by atoms with Gasteiger partial charge in [0.1, 0.15) is 0 Å². The van der Waals surface area contributed by atoms with Crippen molar-refractivity contribution in [3.63, 3.8) is 0 Å². The molecule has 194 valence electrons. The summed E-state index contributed by atoms with van der Waals surface area (Å²) in [6, 6.07) is 17.7. The zero-order valence-corrected chi connectivity index (χ0v) is 22.7. The predicted molar refractivity (Wildman–Crippen MR) is 150 cm³/mol. The second-order valence-electron chi connectivity index (χ2n) is 10.3. The van der Waals surface area contributed by atoms with Crippen LogP contribution in [0.1, 0.15) is 50.9 Å². The third kappa shape index (κ3) is 4.91. The topological polar surface area (TPSA) is 94.3 Å². The molecule has 1 N–H and O–H groups in total. The summed E-state index contributed by atoms with van der Waals surface area (Å²) in [4.78, 5) is 18.4. The molecule has 5 aromatic rings. The van der Waals surface area contributed by atoms with Crippen LogP contribution in [0.15, 0.2) is 71.8 Å². The zero-order chi connectivity index (χ0) is 26.9. The van der Waals surface area contributed by atoms with Crippen molar-refractivity contribution in [2.75, 3.05) is 0 Å². The van der Waals surface area contributed by atoms with Gasteiger partial charge in [-0.3, -0.25) is 14.1 Å². The minimum absolute atomic E-state index is 0.0970. The molecule has 2 aromatic carbocycles. The van der Waals surface area contributed by atoms with Crippen LogP contribution in [0.4, 0.5) is 0 Å². The Bertz CT molecular complexity index is 1610. The molecular weight excluding hydrogens is 498 g/mol. The van der Waals surface area contributed by atoms with Gasteiger partial charge in [-0.1, -0.05) is 82.1 Å². The molecule has 3 aromatic heterocycles. The van der Waals surface area contributed by atoms with E-state index in [-0.39, 0.29) is 11.1 Å². The van der Waals surface area contributed by atoms with Crippen molar-refractivity contribution in [2.24, 2.45) is 0 Å². The van der Waals surface area contributed by atoms with Crippen molar-refractivity contribution < 1.29 is 0 Å². The highest BCUT2D eigenvalue weighted by Gasteiger charge is 2.24. The maximum atomic E-state index is 13.8. The van der Waals surface area contributed by atoms with E-state index in [2.05, 4.69) is 53.3 Å². The molecule has 0 radical (unpaired) electrons. The Labute approximate surface area is 226 Å². The minimum atomic E-state index is -0.172. The Hall–Kier alpha value is -4.04. The molecule has 0 saturated heterocycles. The smallest absolute Gasteiger partial charge is 0.292 e. The maximum absolute atomic E-state index is 13.8. The largest absolute Gasteiger partial charge is 0.333 e. The van der Waals surface area contributed by atoms with Gasteiger partial charge >= 0.3 is 5.69 Å². The van der Waals surface area contributed by atoms with Crippen molar-refractivity contribution >= 4 is 11.6 Å². The number of rotatable bonds is 7. The first-order chi connectivity index (χ1) is 18.3. The highest BCUT2D eigenvalue weighted by atomic mass is 35.5. The van der Waals surface area contributed by atoms with E-state index in [1.165, 1.54) is 0 Å². The third-order valence-corrected chi connectivity index (χ3v) is 6.87. The average Bonchev–Trinajstić information content (AvgIpc) is 3.54. The molecule has 0 amide bonds. The molecule has 0 fully saturated rings. The molecule has 8 nitrogen and oxygen atoms in total. The van der Waals surface area contributed by atoms with Gasteiger partial charge in [0.25, 0.3) is 0 Å². The van der Waals surface area contributed by atoms with Gasteiger partial charge in [0, 0.05) is 29.2 Å². The second kappa shape index (κ2) is 10.4. The van der Waals surface area contributed by atoms with Gasteiger partial charge in [0.15, 0.2) is 0 Å². The van der Waals surface area contributed by atoms with Gasteiger partial charge in [-0.2, -0.15) is 5.21 Å². The number of aryl methyl sites for hydroxylation is 1. The fraction of sp³-hybridized carbons (Fsp3) is 0.276. The molecule has 0 saturated carbocycles. The van der Waals surface area contributed by atoms with Crippen LogP contribution in [-0.2, 0) is 18.4 Å². The monoisotopic (exact) mass is 527 g/mol. The van der Waals surface area contributed by atoms with Gasteiger partial charge in [-0.15, -0.1) is 10.2 Å². The summed E-state index contributed by atoms with van der Waals surface area (Å²) in [7, 11) is 0. The molecule has 0 spiro atoms. The summed E-state index contributed by atoms with van der Waals surface area (Å²) in [5, 5.41) is 14.9. The van der Waals surface area contributed by atoms with Gasteiger partial charge in [-0.25, -0.2) is 4.79 Å². The zero-order valence-electron chi connectivity index (χ0n) is 21.9. The van der Waals surface area contributed by atoms with Crippen LogP contribution in [0.2, 0.25) is 5.02 Å². The first-order valence-corrected chi connectivity index (χ1v) is 13.0. The number of pyridine rings is 1. The van der Waals surface area contributed by atoms with E-state index in [9.17, 15) is 4.79 Å².